The predicted octanol–water partition coefficient (Wildman–Crippen LogP) is 2.86. The maximum atomic E-state index is 10.1. The smallest absolute Gasteiger partial charge is 0.213 e. The van der Waals surface area contributed by atoms with Crippen molar-refractivity contribution in [2.24, 2.45) is 10.9 Å². The van der Waals surface area contributed by atoms with Crippen LogP contribution >= 0.6 is 0 Å². The number of para-hydroxylation sites is 2. The Labute approximate surface area is 178 Å². The van der Waals surface area contributed by atoms with E-state index in [4.69, 9.17) is 9.73 Å². The van der Waals surface area contributed by atoms with Gasteiger partial charge in [-0.3, -0.25) is 0 Å². The van der Waals surface area contributed by atoms with E-state index in [1.54, 1.807) is 6.07 Å². The number of phenolic OH excluding ortho intramolecular Hbond substituents is 1. The van der Waals surface area contributed by atoms with Crippen molar-refractivity contribution in [3.05, 3.63) is 48.2 Å². The number of benzene rings is 1. The lowest BCUT2D eigenvalue weighted by atomic mass is 10.2. The van der Waals surface area contributed by atoms with Crippen LogP contribution in [0.5, 0.6) is 11.6 Å². The molecule has 0 bridgehead atoms. The van der Waals surface area contributed by atoms with E-state index < -0.39 is 0 Å². The Kier molecular flexibility index (Phi) is 6.57. The van der Waals surface area contributed by atoms with Gasteiger partial charge < -0.3 is 25.0 Å². The van der Waals surface area contributed by atoms with E-state index in [0.29, 0.717) is 18.2 Å². The van der Waals surface area contributed by atoms with Crippen LogP contribution in [0.15, 0.2) is 47.6 Å². The first-order valence-electron chi connectivity index (χ1n) is 10.9. The number of hydrogen-bond donors (Lipinski definition) is 2. The molecule has 1 saturated carbocycles. The van der Waals surface area contributed by atoms with E-state index >= 15 is 0 Å². The van der Waals surface area contributed by atoms with Gasteiger partial charge in [-0.2, -0.15) is 0 Å². The molecule has 1 aliphatic heterocycles. The van der Waals surface area contributed by atoms with Crippen LogP contribution in [0.3, 0.4) is 0 Å². The third-order valence-corrected chi connectivity index (χ3v) is 5.51. The summed E-state index contributed by atoms with van der Waals surface area (Å²) in [6.45, 7) is 7.66. The molecule has 2 aromatic rings. The molecule has 2 aliphatic rings. The minimum atomic E-state index is 0.337. The van der Waals surface area contributed by atoms with Gasteiger partial charge in [0, 0.05) is 45.0 Å². The van der Waals surface area contributed by atoms with Gasteiger partial charge in [-0.15, -0.1) is 0 Å². The molecule has 0 spiro atoms. The zero-order chi connectivity index (χ0) is 20.8. The third kappa shape index (κ3) is 5.34. The Morgan fingerprint density at radius 2 is 1.97 bits per heavy atom. The fraction of sp³-hybridized carbons (Fsp3) is 0.478. The standard InChI is InChI=1S/C23H31N5O2/c1-2-24-23(26-16-19-9-10-22(25-15-19)30-17-18-7-8-18)28-13-11-27(12-14-28)20-5-3-4-6-21(20)29/h3-6,9-10,15,18,29H,2,7-8,11-14,16-17H2,1H3,(H,24,26). The number of nitrogens with one attached hydrogen (secondary N) is 1. The van der Waals surface area contributed by atoms with E-state index in [1.165, 1.54) is 12.8 Å². The van der Waals surface area contributed by atoms with Crippen LogP contribution in [0.25, 0.3) is 0 Å². The summed E-state index contributed by atoms with van der Waals surface area (Å²) in [5.41, 5.74) is 1.96. The molecule has 1 aliphatic carbocycles. The maximum absolute atomic E-state index is 10.1. The molecule has 1 aromatic heterocycles. The summed E-state index contributed by atoms with van der Waals surface area (Å²) in [7, 11) is 0. The van der Waals surface area contributed by atoms with E-state index in [1.807, 2.05) is 36.5 Å². The highest BCUT2D eigenvalue weighted by molar-refractivity contribution is 5.80. The molecule has 0 radical (unpaired) electrons. The Bertz CT molecular complexity index is 843. The van der Waals surface area contributed by atoms with Crippen molar-refractivity contribution in [2.75, 3.05) is 44.2 Å². The topological polar surface area (TPSA) is 73.2 Å². The lowest BCUT2D eigenvalue weighted by molar-refractivity contribution is 0.288. The van der Waals surface area contributed by atoms with Gasteiger partial charge in [-0.1, -0.05) is 18.2 Å². The Balaban J connectivity index is 1.33. The van der Waals surface area contributed by atoms with Crippen molar-refractivity contribution in [1.82, 2.24) is 15.2 Å². The van der Waals surface area contributed by atoms with Crippen molar-refractivity contribution in [3.8, 4) is 11.6 Å². The third-order valence-electron chi connectivity index (χ3n) is 5.51. The number of piperazine rings is 1. The van der Waals surface area contributed by atoms with Crippen molar-refractivity contribution in [1.29, 1.82) is 0 Å². The monoisotopic (exact) mass is 409 g/mol. The number of aromatic hydroxyl groups is 1. The fourth-order valence-electron chi connectivity index (χ4n) is 3.56. The largest absolute Gasteiger partial charge is 0.506 e. The normalized spacial score (nSPS) is 17.2. The van der Waals surface area contributed by atoms with E-state index in [0.717, 1.165) is 62.5 Å². The number of anilines is 1. The average Bonchev–Trinajstić information content (AvgIpc) is 3.61. The SMILES string of the molecule is CCNC(=NCc1ccc(OCC2CC2)nc1)N1CCN(c2ccccc2O)CC1. The van der Waals surface area contributed by atoms with Gasteiger partial charge in [0.25, 0.3) is 0 Å². The Hall–Kier alpha value is -2.96. The molecule has 0 amide bonds. The number of pyridine rings is 1. The molecule has 7 nitrogen and oxygen atoms in total. The van der Waals surface area contributed by atoms with E-state index in [-0.39, 0.29) is 0 Å². The highest BCUT2D eigenvalue weighted by Gasteiger charge is 2.22. The molecule has 0 atom stereocenters. The summed E-state index contributed by atoms with van der Waals surface area (Å²) in [4.78, 5) is 13.7. The minimum Gasteiger partial charge on any atom is -0.506 e. The molecule has 7 heteroatoms. The summed E-state index contributed by atoms with van der Waals surface area (Å²) in [5, 5.41) is 13.5. The van der Waals surface area contributed by atoms with Gasteiger partial charge in [0.1, 0.15) is 5.75 Å². The lowest BCUT2D eigenvalue weighted by Crippen LogP contribution is -2.52. The average molecular weight is 410 g/mol. The van der Waals surface area contributed by atoms with Crippen LogP contribution in [0.4, 0.5) is 5.69 Å². The van der Waals surface area contributed by atoms with Crippen molar-refractivity contribution in [3.63, 3.8) is 0 Å². The maximum Gasteiger partial charge on any atom is 0.213 e. The second kappa shape index (κ2) is 9.69. The van der Waals surface area contributed by atoms with Crippen LogP contribution in [-0.2, 0) is 6.54 Å². The van der Waals surface area contributed by atoms with Crippen molar-refractivity contribution in [2.45, 2.75) is 26.3 Å². The van der Waals surface area contributed by atoms with Crippen LogP contribution in [0, 0.1) is 5.92 Å². The lowest BCUT2D eigenvalue weighted by Gasteiger charge is -2.37. The summed E-state index contributed by atoms with van der Waals surface area (Å²) >= 11 is 0. The molecule has 0 unspecified atom stereocenters. The van der Waals surface area contributed by atoms with Gasteiger partial charge in [0.05, 0.1) is 18.8 Å². The zero-order valence-corrected chi connectivity index (χ0v) is 17.6. The molecule has 2 N–H and O–H groups in total. The van der Waals surface area contributed by atoms with Crippen LogP contribution < -0.4 is 15.0 Å². The first kappa shape index (κ1) is 20.3. The molecule has 1 aromatic carbocycles. The first-order chi connectivity index (χ1) is 14.7. The quantitative estimate of drug-likeness (QED) is 0.541. The molecule has 1 saturated heterocycles. The molecule has 2 fully saturated rings. The van der Waals surface area contributed by atoms with Crippen molar-refractivity contribution >= 4 is 11.6 Å². The second-order valence-corrected chi connectivity index (χ2v) is 7.89. The number of aromatic nitrogens is 1. The summed E-state index contributed by atoms with van der Waals surface area (Å²) in [5.74, 6) is 2.68. The van der Waals surface area contributed by atoms with Gasteiger partial charge in [0.15, 0.2) is 5.96 Å². The highest BCUT2D eigenvalue weighted by atomic mass is 16.5. The second-order valence-electron chi connectivity index (χ2n) is 7.89. The van der Waals surface area contributed by atoms with Crippen LogP contribution in [0.1, 0.15) is 25.3 Å². The van der Waals surface area contributed by atoms with Crippen LogP contribution in [-0.4, -0.2) is 60.3 Å². The molecular weight excluding hydrogens is 378 g/mol. The Morgan fingerprint density at radius 3 is 2.63 bits per heavy atom. The number of guanidine groups is 1. The molecular formula is C23H31N5O2. The Morgan fingerprint density at radius 1 is 1.17 bits per heavy atom. The predicted molar refractivity (Wildman–Crippen MR) is 119 cm³/mol. The molecule has 2 heterocycles. The van der Waals surface area contributed by atoms with E-state index in [2.05, 4.69) is 27.0 Å². The molecule has 160 valence electrons. The highest BCUT2D eigenvalue weighted by Crippen LogP contribution is 2.29. The van der Waals surface area contributed by atoms with Gasteiger partial charge >= 0.3 is 0 Å². The van der Waals surface area contributed by atoms with Crippen LogP contribution in [0.2, 0.25) is 0 Å². The summed E-state index contributed by atoms with van der Waals surface area (Å²) in [6.07, 6.45) is 4.41. The number of nitrogens with zero attached hydrogens (tertiary/aromatic N) is 4. The number of ether oxygens (including phenoxy) is 1. The minimum absolute atomic E-state index is 0.337. The van der Waals surface area contributed by atoms with Gasteiger partial charge in [0.2, 0.25) is 5.88 Å². The summed E-state index contributed by atoms with van der Waals surface area (Å²) in [6, 6.07) is 11.5. The van der Waals surface area contributed by atoms with Crippen molar-refractivity contribution < 1.29 is 9.84 Å². The molecule has 4 rings (SSSR count). The number of hydrogen-bond acceptors (Lipinski definition) is 5. The number of phenols is 1. The zero-order valence-electron chi connectivity index (χ0n) is 17.6. The fourth-order valence-corrected chi connectivity index (χ4v) is 3.56. The first-order valence-corrected chi connectivity index (χ1v) is 10.9. The number of rotatable bonds is 7. The van der Waals surface area contributed by atoms with E-state index in [9.17, 15) is 5.11 Å². The van der Waals surface area contributed by atoms with Gasteiger partial charge in [-0.25, -0.2) is 9.98 Å². The van der Waals surface area contributed by atoms with Gasteiger partial charge in [-0.05, 0) is 43.4 Å². The number of aliphatic imine (C=N–C) groups is 1. The summed E-state index contributed by atoms with van der Waals surface area (Å²) < 4.78 is 5.71. The molecule has 30 heavy (non-hydrogen) atoms.